The van der Waals surface area contributed by atoms with E-state index in [1.807, 2.05) is 77.9 Å². The van der Waals surface area contributed by atoms with Crippen molar-refractivity contribution in [3.05, 3.63) is 83.0 Å². The molecule has 2 saturated heterocycles. The fourth-order valence-corrected chi connectivity index (χ4v) is 7.13. The molecule has 2 aromatic carbocycles. The predicted octanol–water partition coefficient (Wildman–Crippen LogP) is 5.85. The largest absolute Gasteiger partial charge is 0.453 e. The highest BCUT2D eigenvalue weighted by Gasteiger charge is 2.38. The summed E-state index contributed by atoms with van der Waals surface area (Å²) in [5, 5.41) is 7.40. The number of ether oxygens (including phenoxy) is 2. The topological polar surface area (TPSA) is 175 Å². The van der Waals surface area contributed by atoms with Crippen molar-refractivity contribution in [3.8, 4) is 23.7 Å². The molecular formula is C45H58N8O6. The van der Waals surface area contributed by atoms with Gasteiger partial charge in [-0.1, -0.05) is 65.5 Å². The molecule has 0 radical (unpaired) electrons. The smallest absolute Gasteiger partial charge is 0.407 e. The lowest BCUT2D eigenvalue weighted by atomic mass is 10.0. The summed E-state index contributed by atoms with van der Waals surface area (Å²) in [5.41, 5.74) is 2.99. The second-order valence-corrected chi connectivity index (χ2v) is 14.8. The molecule has 59 heavy (non-hydrogen) atoms. The van der Waals surface area contributed by atoms with Crippen LogP contribution >= 0.6 is 0 Å². The first kappa shape index (κ1) is 45.6. The fourth-order valence-electron chi connectivity index (χ4n) is 7.13. The van der Waals surface area contributed by atoms with Crippen LogP contribution < -0.4 is 10.6 Å². The number of imidazole rings is 2. The standard InChI is InChI=1S/C41H46N8O5.C2H6O.C2H6/c1-25(2)35(44-24-50)39(51)48-18-6-8-33(48)37-42-22-31(45-37)16-12-27-10-14-30-21-28(11-15-29(30)20-27)13-17-32-23-43-38(46-32)34-9-7-19-49(34)40(52)36(26(3)4)47-41(53)54-5;1-3-2;1-2/h10-11,14-15,20-26,33-36H,6-9,18-19H2,1-5H3,(H,42,45)(H,43,46)(H,44,50)(H,47,53);1-2H3;1-2H3/t33-,34-,35?,36?;;/m0../s1. The number of hydrogen-bond acceptors (Lipinski definition) is 8. The van der Waals surface area contributed by atoms with Crippen molar-refractivity contribution in [1.82, 2.24) is 40.4 Å². The van der Waals surface area contributed by atoms with Gasteiger partial charge in [-0.2, -0.15) is 0 Å². The Morgan fingerprint density at radius 3 is 1.59 bits per heavy atom. The van der Waals surface area contributed by atoms with Gasteiger partial charge in [0.05, 0.1) is 31.6 Å². The number of nitrogens with one attached hydrogen (secondary N) is 4. The number of fused-ring (bicyclic) bond motifs is 1. The summed E-state index contributed by atoms with van der Waals surface area (Å²) < 4.78 is 8.98. The number of methoxy groups -OCH3 is 2. The van der Waals surface area contributed by atoms with Crippen LogP contribution in [-0.4, -0.2) is 101 Å². The maximum atomic E-state index is 13.4. The molecule has 2 aliphatic rings. The Kier molecular flexibility index (Phi) is 17.1. The molecule has 4 N–H and O–H groups in total. The zero-order chi connectivity index (χ0) is 43.1. The Labute approximate surface area is 347 Å². The molecule has 4 amide bonds. The van der Waals surface area contributed by atoms with Gasteiger partial charge in [0.15, 0.2) is 0 Å². The van der Waals surface area contributed by atoms with E-state index in [1.165, 1.54) is 7.11 Å². The minimum Gasteiger partial charge on any atom is -0.453 e. The summed E-state index contributed by atoms with van der Waals surface area (Å²) in [6, 6.07) is 10.3. The number of likely N-dealkylation sites (tertiary alicyclic amines) is 2. The summed E-state index contributed by atoms with van der Waals surface area (Å²) >= 11 is 0. The lowest BCUT2D eigenvalue weighted by Gasteiger charge is -2.29. The average Bonchev–Trinajstić information content (AvgIpc) is 4.08. The Bertz CT molecular complexity index is 2170. The Morgan fingerprint density at radius 2 is 1.19 bits per heavy atom. The van der Waals surface area contributed by atoms with Gasteiger partial charge in [-0.3, -0.25) is 14.4 Å². The van der Waals surface area contributed by atoms with Crippen LogP contribution in [0.5, 0.6) is 0 Å². The summed E-state index contributed by atoms with van der Waals surface area (Å²) in [7, 11) is 4.53. The number of alkyl carbamates (subject to hydrolysis) is 1. The van der Waals surface area contributed by atoms with Crippen molar-refractivity contribution in [3.63, 3.8) is 0 Å². The van der Waals surface area contributed by atoms with Gasteiger partial charge in [-0.25, -0.2) is 14.8 Å². The molecule has 2 aromatic heterocycles. The number of rotatable bonds is 9. The van der Waals surface area contributed by atoms with E-state index >= 15 is 0 Å². The van der Waals surface area contributed by atoms with Gasteiger partial charge >= 0.3 is 6.09 Å². The number of amides is 4. The molecule has 4 atom stereocenters. The Balaban J connectivity index is 0.00000147. The van der Waals surface area contributed by atoms with E-state index in [0.717, 1.165) is 47.6 Å². The highest BCUT2D eigenvalue weighted by Crippen LogP contribution is 2.32. The number of aromatic amines is 2. The third-order valence-electron chi connectivity index (χ3n) is 9.99. The molecule has 314 valence electrons. The Morgan fingerprint density at radius 1 is 0.746 bits per heavy atom. The van der Waals surface area contributed by atoms with Gasteiger partial charge < -0.3 is 39.9 Å². The maximum Gasteiger partial charge on any atom is 0.407 e. The van der Waals surface area contributed by atoms with Crippen molar-refractivity contribution in [2.24, 2.45) is 11.8 Å². The van der Waals surface area contributed by atoms with Crippen molar-refractivity contribution in [2.75, 3.05) is 34.4 Å². The molecule has 2 fully saturated rings. The quantitative estimate of drug-likeness (QED) is 0.120. The number of hydrogen-bond donors (Lipinski definition) is 4. The first-order valence-electron chi connectivity index (χ1n) is 20.2. The second kappa shape index (κ2) is 22.1. The van der Waals surface area contributed by atoms with Gasteiger partial charge in [0, 0.05) is 38.4 Å². The van der Waals surface area contributed by atoms with E-state index in [9.17, 15) is 19.2 Å². The molecule has 2 unspecified atom stereocenters. The molecule has 0 bridgehead atoms. The molecule has 2 aliphatic heterocycles. The minimum atomic E-state index is -0.696. The summed E-state index contributed by atoms with van der Waals surface area (Å²) in [6.45, 7) is 12.8. The molecule has 14 nitrogen and oxygen atoms in total. The first-order chi connectivity index (χ1) is 28.5. The van der Waals surface area contributed by atoms with E-state index in [0.29, 0.717) is 42.5 Å². The van der Waals surface area contributed by atoms with Crippen molar-refractivity contribution in [1.29, 1.82) is 0 Å². The molecule has 0 spiro atoms. The average molecular weight is 807 g/mol. The van der Waals surface area contributed by atoms with Gasteiger partial charge in [0.1, 0.15) is 35.1 Å². The zero-order valence-electron chi connectivity index (χ0n) is 35.6. The monoisotopic (exact) mass is 806 g/mol. The van der Waals surface area contributed by atoms with Crippen LogP contribution in [0.25, 0.3) is 10.8 Å². The molecular weight excluding hydrogens is 749 g/mol. The van der Waals surface area contributed by atoms with Crippen LogP contribution in [0.2, 0.25) is 0 Å². The highest BCUT2D eigenvalue weighted by molar-refractivity contribution is 5.87. The third-order valence-corrected chi connectivity index (χ3v) is 9.99. The highest BCUT2D eigenvalue weighted by atomic mass is 16.5. The van der Waals surface area contributed by atoms with Gasteiger partial charge in [0.2, 0.25) is 18.2 Å². The molecule has 14 heteroatoms. The molecule has 0 saturated carbocycles. The summed E-state index contributed by atoms with van der Waals surface area (Å²) in [6.07, 6.45) is 6.57. The van der Waals surface area contributed by atoms with Crippen LogP contribution in [-0.2, 0) is 23.9 Å². The fraction of sp³-hybridized carbons (Fsp3) is 0.467. The summed E-state index contributed by atoms with van der Waals surface area (Å²) in [4.78, 5) is 69.0. The second-order valence-electron chi connectivity index (χ2n) is 14.8. The number of carbonyl (C=O) groups is 4. The number of carbonyl (C=O) groups excluding carboxylic acids is 4. The van der Waals surface area contributed by atoms with Crippen LogP contribution in [0.1, 0.15) is 113 Å². The van der Waals surface area contributed by atoms with Crippen molar-refractivity contribution < 1.29 is 28.7 Å². The van der Waals surface area contributed by atoms with Crippen LogP contribution in [0.4, 0.5) is 4.79 Å². The van der Waals surface area contributed by atoms with Crippen LogP contribution in [0.3, 0.4) is 0 Å². The van der Waals surface area contributed by atoms with E-state index in [2.05, 4.69) is 59.0 Å². The van der Waals surface area contributed by atoms with Gasteiger partial charge in [-0.15, -0.1) is 0 Å². The molecule has 4 heterocycles. The van der Waals surface area contributed by atoms with E-state index < -0.39 is 18.2 Å². The van der Waals surface area contributed by atoms with Crippen LogP contribution in [0, 0.1) is 35.5 Å². The SMILES string of the molecule is CC.COC.COC(=O)NC(C(=O)N1CCC[C@H]1c1ncc(C#Cc2ccc3cc(C#Cc4cnc([C@@H]5CCCN5C(=O)C(NC=O)C(C)C)[nH]4)ccc3c2)[nH]1)C(C)C. The van der Waals surface area contributed by atoms with Crippen LogP contribution in [0.15, 0.2) is 48.8 Å². The minimum absolute atomic E-state index is 0.0301. The number of H-pyrrole nitrogens is 2. The van der Waals surface area contributed by atoms with Gasteiger partial charge in [-0.05, 0) is 84.4 Å². The van der Waals surface area contributed by atoms with Crippen molar-refractivity contribution >= 4 is 35.1 Å². The normalized spacial score (nSPS) is 16.7. The Hall–Kier alpha value is -6.12. The molecule has 4 aromatic rings. The first-order valence-corrected chi connectivity index (χ1v) is 20.2. The van der Waals surface area contributed by atoms with E-state index in [1.54, 1.807) is 36.4 Å². The third kappa shape index (κ3) is 11.7. The summed E-state index contributed by atoms with van der Waals surface area (Å²) in [5.74, 6) is 13.7. The predicted molar refractivity (Wildman–Crippen MR) is 227 cm³/mol. The molecule has 6 rings (SSSR count). The lowest BCUT2D eigenvalue weighted by molar-refractivity contribution is -0.137. The number of benzene rings is 2. The number of nitrogens with zero attached hydrogens (tertiary/aromatic N) is 4. The van der Waals surface area contributed by atoms with Gasteiger partial charge in [0.25, 0.3) is 0 Å². The maximum absolute atomic E-state index is 13.4. The lowest BCUT2D eigenvalue weighted by Crippen LogP contribution is -2.51. The number of aromatic nitrogens is 4. The van der Waals surface area contributed by atoms with E-state index in [4.69, 9.17) is 4.74 Å². The van der Waals surface area contributed by atoms with E-state index in [-0.39, 0.29) is 35.7 Å². The molecule has 0 aliphatic carbocycles. The van der Waals surface area contributed by atoms with Crippen molar-refractivity contribution in [2.45, 2.75) is 91.4 Å². The zero-order valence-corrected chi connectivity index (χ0v) is 35.6.